The summed E-state index contributed by atoms with van der Waals surface area (Å²) in [4.78, 5) is 7.21. The van der Waals surface area contributed by atoms with Gasteiger partial charge in [-0.15, -0.1) is 34.0 Å². The van der Waals surface area contributed by atoms with Gasteiger partial charge in [-0.2, -0.15) is 0 Å². The molecule has 0 unspecified atom stereocenters. The van der Waals surface area contributed by atoms with Crippen LogP contribution in [-0.4, -0.2) is 4.98 Å². The quantitative estimate of drug-likeness (QED) is 0.190. The second-order valence-corrected chi connectivity index (χ2v) is 14.7. The van der Waals surface area contributed by atoms with Crippen molar-refractivity contribution >= 4 is 112 Å². The zero-order chi connectivity index (χ0) is 30.2. The fourth-order valence-corrected chi connectivity index (χ4v) is 10.4. The highest BCUT2D eigenvalue weighted by Gasteiger charge is 2.20. The maximum absolute atomic E-state index is 4.77. The molecule has 0 bridgehead atoms. The summed E-state index contributed by atoms with van der Waals surface area (Å²) >= 11 is 5.56. The van der Waals surface area contributed by atoms with Crippen LogP contribution in [0.3, 0.4) is 0 Å². The molecule has 46 heavy (non-hydrogen) atoms. The van der Waals surface area contributed by atoms with Gasteiger partial charge in [0, 0.05) is 68.9 Å². The average molecular weight is 641 g/mol. The number of nitrogens with zero attached hydrogens (tertiary/aromatic N) is 2. The lowest BCUT2D eigenvalue weighted by molar-refractivity contribution is 1.31. The fourth-order valence-electron chi connectivity index (χ4n) is 6.81. The van der Waals surface area contributed by atoms with Crippen LogP contribution in [-0.2, 0) is 0 Å². The number of benzene rings is 6. The lowest BCUT2D eigenvalue weighted by Crippen LogP contribution is -2.09. The molecule has 4 heterocycles. The molecule has 6 aromatic carbocycles. The van der Waals surface area contributed by atoms with Gasteiger partial charge in [0.2, 0.25) is 0 Å². The first-order valence-electron chi connectivity index (χ1n) is 15.3. The van der Waals surface area contributed by atoms with Crippen molar-refractivity contribution in [3.8, 4) is 11.1 Å². The molecular weight excluding hydrogens is 617 g/mol. The van der Waals surface area contributed by atoms with Crippen molar-refractivity contribution in [3.05, 3.63) is 146 Å². The molecule has 0 spiro atoms. The Labute approximate surface area is 277 Å². The normalized spacial score (nSPS) is 11.9. The number of hydrogen-bond acceptors (Lipinski definition) is 5. The van der Waals surface area contributed by atoms with Gasteiger partial charge in [0.1, 0.15) is 0 Å². The molecule has 0 radical (unpaired) electrons. The summed E-state index contributed by atoms with van der Waals surface area (Å²) in [6, 6.07) is 50.9. The average Bonchev–Trinajstić information content (AvgIpc) is 3.80. The molecule has 10 rings (SSSR count). The van der Waals surface area contributed by atoms with Crippen molar-refractivity contribution in [3.63, 3.8) is 0 Å². The van der Waals surface area contributed by atoms with Crippen molar-refractivity contribution < 1.29 is 0 Å². The first kappa shape index (κ1) is 26.2. The fraction of sp³-hybridized carbons (Fsp3) is 0. The molecule has 10 aromatic rings. The van der Waals surface area contributed by atoms with Gasteiger partial charge < -0.3 is 4.90 Å². The third-order valence-corrected chi connectivity index (χ3v) is 12.5. The molecule has 0 saturated heterocycles. The van der Waals surface area contributed by atoms with Gasteiger partial charge in [0.25, 0.3) is 0 Å². The Morgan fingerprint density at radius 3 is 1.85 bits per heavy atom. The van der Waals surface area contributed by atoms with E-state index in [0.717, 1.165) is 16.9 Å². The van der Waals surface area contributed by atoms with Crippen LogP contribution < -0.4 is 4.90 Å². The van der Waals surface area contributed by atoms with Gasteiger partial charge in [-0.05, 0) is 60.2 Å². The molecule has 0 atom stereocenters. The third kappa shape index (κ3) is 3.96. The maximum Gasteiger partial charge on any atom is 0.0894 e. The zero-order valence-electron chi connectivity index (χ0n) is 24.5. The van der Waals surface area contributed by atoms with Crippen LogP contribution >= 0.6 is 34.0 Å². The summed E-state index contributed by atoms with van der Waals surface area (Å²) in [6.45, 7) is 0. The van der Waals surface area contributed by atoms with Gasteiger partial charge >= 0.3 is 0 Å². The Kier molecular flexibility index (Phi) is 5.82. The van der Waals surface area contributed by atoms with E-state index in [4.69, 9.17) is 4.98 Å². The van der Waals surface area contributed by atoms with E-state index in [9.17, 15) is 0 Å². The monoisotopic (exact) mass is 640 g/mol. The minimum Gasteiger partial charge on any atom is -0.309 e. The van der Waals surface area contributed by atoms with Gasteiger partial charge in [-0.1, -0.05) is 84.9 Å². The molecule has 0 fully saturated rings. The van der Waals surface area contributed by atoms with E-state index in [-0.39, 0.29) is 0 Å². The van der Waals surface area contributed by atoms with Gasteiger partial charge in [-0.25, -0.2) is 0 Å². The second kappa shape index (κ2) is 10.2. The number of anilines is 3. The van der Waals surface area contributed by atoms with Crippen LogP contribution in [0.2, 0.25) is 0 Å². The van der Waals surface area contributed by atoms with Crippen LogP contribution in [0.1, 0.15) is 0 Å². The summed E-state index contributed by atoms with van der Waals surface area (Å²) in [5, 5.41) is 6.46. The van der Waals surface area contributed by atoms with Crippen LogP contribution in [0.25, 0.3) is 71.8 Å². The van der Waals surface area contributed by atoms with Crippen molar-refractivity contribution in [1.29, 1.82) is 0 Å². The summed E-state index contributed by atoms with van der Waals surface area (Å²) in [7, 11) is 0. The predicted molar refractivity (Wildman–Crippen MR) is 203 cm³/mol. The third-order valence-electron chi connectivity index (χ3n) is 8.94. The van der Waals surface area contributed by atoms with Crippen LogP contribution in [0.15, 0.2) is 146 Å². The van der Waals surface area contributed by atoms with E-state index < -0.39 is 0 Å². The molecule has 0 aliphatic heterocycles. The number of fused-ring (bicyclic) bond motifs is 9. The molecule has 5 heteroatoms. The Morgan fingerprint density at radius 1 is 0.435 bits per heavy atom. The molecule has 4 aromatic heterocycles. The number of hydrogen-bond donors (Lipinski definition) is 0. The minimum atomic E-state index is 1.08. The van der Waals surface area contributed by atoms with Crippen LogP contribution in [0.5, 0.6) is 0 Å². The summed E-state index contributed by atoms with van der Waals surface area (Å²) in [5.74, 6) is 0. The Hall–Kier alpha value is -5.07. The Balaban J connectivity index is 1.17. The van der Waals surface area contributed by atoms with Gasteiger partial charge in [-0.3, -0.25) is 4.98 Å². The summed E-state index contributed by atoms with van der Waals surface area (Å²) in [5.41, 5.74) is 6.99. The number of aromatic nitrogens is 1. The number of thiophene rings is 3. The van der Waals surface area contributed by atoms with Crippen LogP contribution in [0, 0.1) is 0 Å². The molecule has 0 aliphatic carbocycles. The molecule has 2 nitrogen and oxygen atoms in total. The molecule has 216 valence electrons. The molecule has 0 aliphatic rings. The smallest absolute Gasteiger partial charge is 0.0894 e. The molecule has 0 saturated carbocycles. The zero-order valence-corrected chi connectivity index (χ0v) is 26.9. The van der Waals surface area contributed by atoms with E-state index >= 15 is 0 Å². The van der Waals surface area contributed by atoms with E-state index in [0.29, 0.717) is 0 Å². The van der Waals surface area contributed by atoms with Crippen molar-refractivity contribution in [2.24, 2.45) is 0 Å². The van der Waals surface area contributed by atoms with Crippen molar-refractivity contribution in [2.45, 2.75) is 0 Å². The minimum absolute atomic E-state index is 1.08. The first-order chi connectivity index (χ1) is 22.8. The second-order valence-electron chi connectivity index (χ2n) is 11.5. The lowest BCUT2D eigenvalue weighted by Gasteiger charge is -2.26. The van der Waals surface area contributed by atoms with Crippen molar-refractivity contribution in [1.82, 2.24) is 4.98 Å². The van der Waals surface area contributed by atoms with Gasteiger partial charge in [0.05, 0.1) is 20.6 Å². The van der Waals surface area contributed by atoms with E-state index in [1.807, 2.05) is 40.2 Å². The highest BCUT2D eigenvalue weighted by Crippen LogP contribution is 2.47. The largest absolute Gasteiger partial charge is 0.309 e. The van der Waals surface area contributed by atoms with Crippen LogP contribution in [0.4, 0.5) is 17.1 Å². The highest BCUT2D eigenvalue weighted by atomic mass is 32.1. The van der Waals surface area contributed by atoms with Gasteiger partial charge in [0.15, 0.2) is 0 Å². The lowest BCUT2D eigenvalue weighted by atomic mass is 10.0. The molecule has 0 N–H and O–H groups in total. The summed E-state index contributed by atoms with van der Waals surface area (Å²) in [6.07, 6.45) is 1.94. The Morgan fingerprint density at radius 2 is 1.04 bits per heavy atom. The SMILES string of the molecule is c1ccc2c(c1)sc1cc(N(c3ccc(-c4ccnc5c4sc4ccccc45)cc3)c3cccc4c3sc3ccccc34)ccc12. The standard InChI is InChI=1S/C41H24N2S3/c1-4-13-35-29(8-1)31-21-20-27(24-38(31)44-35)43(34-12-7-11-32-30-9-2-5-14-36(30)45-40(32)34)26-18-16-25(17-19-26)28-22-23-42-39-33-10-3-6-15-37(33)46-41(28)39/h1-24H. The summed E-state index contributed by atoms with van der Waals surface area (Å²) < 4.78 is 7.73. The number of pyridine rings is 1. The molecular formula is C41H24N2S3. The van der Waals surface area contributed by atoms with E-state index in [2.05, 4.69) is 144 Å². The predicted octanol–water partition coefficient (Wildman–Crippen LogP) is 13.3. The van der Waals surface area contributed by atoms with Crippen molar-refractivity contribution in [2.75, 3.05) is 4.90 Å². The Bertz CT molecular complexity index is 2770. The first-order valence-corrected chi connectivity index (χ1v) is 17.7. The highest BCUT2D eigenvalue weighted by molar-refractivity contribution is 7.27. The van der Waals surface area contributed by atoms with E-state index in [1.165, 1.54) is 71.9 Å². The maximum atomic E-state index is 4.77. The molecule has 0 amide bonds. The number of rotatable bonds is 4. The van der Waals surface area contributed by atoms with E-state index in [1.54, 1.807) is 0 Å². The topological polar surface area (TPSA) is 16.1 Å².